The molecule has 0 fully saturated rings. The minimum Gasteiger partial charge on any atom is -0.404 e. The third kappa shape index (κ3) is 3.43. The fourth-order valence-corrected chi connectivity index (χ4v) is 2.85. The summed E-state index contributed by atoms with van der Waals surface area (Å²) >= 11 is 0. The summed E-state index contributed by atoms with van der Waals surface area (Å²) in [6.45, 7) is 1.68. The fourth-order valence-electron chi connectivity index (χ4n) is 2.19. The SMILES string of the molecule is CC(=N)/C(=C\N)c1ccc(-c2cccc(S(C)(=O)=O)c2)cc1. The lowest BCUT2D eigenvalue weighted by molar-refractivity contribution is 0.602. The van der Waals surface area contributed by atoms with Crippen LogP contribution in [-0.4, -0.2) is 20.4 Å². The Bertz CT molecular complexity index is 835. The van der Waals surface area contributed by atoms with Crippen molar-refractivity contribution in [3.05, 3.63) is 60.3 Å². The molecule has 2 aromatic rings. The first-order chi connectivity index (χ1) is 10.3. The van der Waals surface area contributed by atoms with Crippen LogP contribution in [0.5, 0.6) is 0 Å². The third-order valence-electron chi connectivity index (χ3n) is 3.36. The van der Waals surface area contributed by atoms with Gasteiger partial charge >= 0.3 is 0 Å². The van der Waals surface area contributed by atoms with Crippen LogP contribution in [0.3, 0.4) is 0 Å². The van der Waals surface area contributed by atoms with E-state index in [-0.39, 0.29) is 0 Å². The van der Waals surface area contributed by atoms with E-state index >= 15 is 0 Å². The van der Waals surface area contributed by atoms with E-state index in [4.69, 9.17) is 11.1 Å². The Kier molecular flexibility index (Phi) is 4.47. The number of allylic oxidation sites excluding steroid dienone is 1. The summed E-state index contributed by atoms with van der Waals surface area (Å²) in [5.41, 5.74) is 9.23. The standard InChI is InChI=1S/C17H18N2O2S/c1-12(19)17(11-18)14-8-6-13(7-9-14)15-4-3-5-16(10-15)22(2,20)21/h3-11,19H,18H2,1-2H3/b17-11+,19-12?. The van der Waals surface area contributed by atoms with Crippen molar-refractivity contribution in [3.63, 3.8) is 0 Å². The fraction of sp³-hybridized carbons (Fsp3) is 0.118. The molecule has 5 heteroatoms. The Morgan fingerprint density at radius 1 is 1.09 bits per heavy atom. The lowest BCUT2D eigenvalue weighted by Crippen LogP contribution is -1.98. The zero-order valence-electron chi connectivity index (χ0n) is 12.5. The van der Waals surface area contributed by atoms with Crippen molar-refractivity contribution in [2.45, 2.75) is 11.8 Å². The van der Waals surface area contributed by atoms with Crippen LogP contribution in [0, 0.1) is 5.41 Å². The second kappa shape index (κ2) is 6.15. The molecule has 0 atom stereocenters. The number of hydrogen-bond donors (Lipinski definition) is 2. The van der Waals surface area contributed by atoms with Crippen LogP contribution >= 0.6 is 0 Å². The highest BCUT2D eigenvalue weighted by molar-refractivity contribution is 7.90. The van der Waals surface area contributed by atoms with Gasteiger partial charge in [0.25, 0.3) is 0 Å². The van der Waals surface area contributed by atoms with Crippen LogP contribution in [0.25, 0.3) is 16.7 Å². The molecule has 0 aromatic heterocycles. The van der Waals surface area contributed by atoms with Gasteiger partial charge < -0.3 is 11.1 Å². The Labute approximate surface area is 130 Å². The Hall–Kier alpha value is -2.40. The number of nitrogens with two attached hydrogens (primary N) is 1. The van der Waals surface area contributed by atoms with Gasteiger partial charge in [0, 0.05) is 23.7 Å². The van der Waals surface area contributed by atoms with E-state index in [0.717, 1.165) is 16.7 Å². The minimum atomic E-state index is -3.22. The first kappa shape index (κ1) is 16.0. The highest BCUT2D eigenvalue weighted by Crippen LogP contribution is 2.25. The van der Waals surface area contributed by atoms with Crippen molar-refractivity contribution in [1.82, 2.24) is 0 Å². The Morgan fingerprint density at radius 3 is 2.23 bits per heavy atom. The summed E-state index contributed by atoms with van der Waals surface area (Å²) in [6, 6.07) is 14.4. The van der Waals surface area contributed by atoms with Crippen LogP contribution in [0.4, 0.5) is 0 Å². The van der Waals surface area contributed by atoms with Crippen molar-refractivity contribution in [2.75, 3.05) is 6.26 Å². The van der Waals surface area contributed by atoms with E-state index in [0.29, 0.717) is 16.2 Å². The van der Waals surface area contributed by atoms with Gasteiger partial charge in [0.1, 0.15) is 0 Å². The van der Waals surface area contributed by atoms with Crippen LogP contribution in [0.15, 0.2) is 59.6 Å². The van der Waals surface area contributed by atoms with E-state index in [1.807, 2.05) is 30.3 Å². The zero-order valence-corrected chi connectivity index (χ0v) is 13.3. The largest absolute Gasteiger partial charge is 0.404 e. The molecule has 0 aliphatic carbocycles. The van der Waals surface area contributed by atoms with Crippen molar-refractivity contribution in [3.8, 4) is 11.1 Å². The molecule has 0 saturated heterocycles. The normalized spacial score (nSPS) is 12.2. The molecule has 0 bridgehead atoms. The molecule has 2 aromatic carbocycles. The zero-order chi connectivity index (χ0) is 16.3. The number of rotatable bonds is 4. The van der Waals surface area contributed by atoms with Gasteiger partial charge in [-0.05, 0) is 35.7 Å². The molecule has 0 radical (unpaired) electrons. The number of hydrogen-bond acceptors (Lipinski definition) is 4. The molecule has 0 amide bonds. The summed E-state index contributed by atoms with van der Waals surface area (Å²) < 4.78 is 23.3. The van der Waals surface area contributed by atoms with Gasteiger partial charge in [-0.3, -0.25) is 0 Å². The topological polar surface area (TPSA) is 84.0 Å². The van der Waals surface area contributed by atoms with E-state index in [9.17, 15) is 8.42 Å². The van der Waals surface area contributed by atoms with Crippen LogP contribution in [0.1, 0.15) is 12.5 Å². The maximum atomic E-state index is 11.6. The van der Waals surface area contributed by atoms with Gasteiger partial charge in [0.05, 0.1) is 4.90 Å². The van der Waals surface area contributed by atoms with Gasteiger partial charge in [-0.15, -0.1) is 0 Å². The third-order valence-corrected chi connectivity index (χ3v) is 4.47. The molecule has 0 aliphatic heterocycles. The van der Waals surface area contributed by atoms with Crippen molar-refractivity contribution >= 4 is 21.1 Å². The first-order valence-electron chi connectivity index (χ1n) is 6.71. The summed E-state index contributed by atoms with van der Waals surface area (Å²) in [7, 11) is -3.22. The van der Waals surface area contributed by atoms with E-state index in [2.05, 4.69) is 0 Å². The monoisotopic (exact) mass is 314 g/mol. The van der Waals surface area contributed by atoms with E-state index in [1.165, 1.54) is 12.5 Å². The van der Waals surface area contributed by atoms with Gasteiger partial charge in [-0.2, -0.15) is 0 Å². The lowest BCUT2D eigenvalue weighted by Gasteiger charge is -2.08. The molecule has 114 valence electrons. The number of benzene rings is 2. The molecule has 2 rings (SSSR count). The van der Waals surface area contributed by atoms with Crippen molar-refractivity contribution in [2.24, 2.45) is 5.73 Å². The average molecular weight is 314 g/mol. The van der Waals surface area contributed by atoms with Gasteiger partial charge in [0.2, 0.25) is 0 Å². The molecule has 0 spiro atoms. The Balaban J connectivity index is 2.42. The highest BCUT2D eigenvalue weighted by atomic mass is 32.2. The highest BCUT2D eigenvalue weighted by Gasteiger charge is 2.09. The van der Waals surface area contributed by atoms with Crippen LogP contribution in [-0.2, 0) is 9.84 Å². The summed E-state index contributed by atoms with van der Waals surface area (Å²) in [4.78, 5) is 0.298. The smallest absolute Gasteiger partial charge is 0.175 e. The maximum absolute atomic E-state index is 11.6. The molecular weight excluding hydrogens is 296 g/mol. The number of sulfone groups is 1. The van der Waals surface area contributed by atoms with Crippen LogP contribution < -0.4 is 5.73 Å². The first-order valence-corrected chi connectivity index (χ1v) is 8.60. The van der Waals surface area contributed by atoms with E-state index in [1.54, 1.807) is 25.1 Å². The lowest BCUT2D eigenvalue weighted by atomic mass is 9.99. The van der Waals surface area contributed by atoms with Gasteiger partial charge in [0.15, 0.2) is 9.84 Å². The average Bonchev–Trinajstić information content (AvgIpc) is 2.47. The van der Waals surface area contributed by atoms with Crippen molar-refractivity contribution in [1.29, 1.82) is 5.41 Å². The number of nitrogens with one attached hydrogen (secondary N) is 1. The summed E-state index contributed by atoms with van der Waals surface area (Å²) in [5, 5.41) is 7.69. The Morgan fingerprint density at radius 2 is 1.73 bits per heavy atom. The van der Waals surface area contributed by atoms with Crippen LogP contribution in [0.2, 0.25) is 0 Å². The molecule has 22 heavy (non-hydrogen) atoms. The molecule has 0 aliphatic rings. The molecule has 0 saturated carbocycles. The van der Waals surface area contributed by atoms with E-state index < -0.39 is 9.84 Å². The predicted octanol–water partition coefficient (Wildman–Crippen LogP) is 3.10. The molecule has 4 nitrogen and oxygen atoms in total. The molecular formula is C17H18N2O2S. The predicted molar refractivity (Wildman–Crippen MR) is 90.6 cm³/mol. The summed E-state index contributed by atoms with van der Waals surface area (Å²) in [6.07, 6.45) is 2.61. The maximum Gasteiger partial charge on any atom is 0.175 e. The second-order valence-electron chi connectivity index (χ2n) is 5.08. The molecule has 0 unspecified atom stereocenters. The molecule has 3 N–H and O–H groups in total. The van der Waals surface area contributed by atoms with Gasteiger partial charge in [-0.1, -0.05) is 36.4 Å². The summed E-state index contributed by atoms with van der Waals surface area (Å²) in [5.74, 6) is 0. The quantitative estimate of drug-likeness (QED) is 0.850. The van der Waals surface area contributed by atoms with Crippen molar-refractivity contribution < 1.29 is 8.42 Å². The minimum absolute atomic E-state index is 0.298. The van der Waals surface area contributed by atoms with Gasteiger partial charge in [-0.25, -0.2) is 8.42 Å². The second-order valence-corrected chi connectivity index (χ2v) is 7.10. The molecule has 0 heterocycles.